The van der Waals surface area contributed by atoms with Crippen LogP contribution in [0.25, 0.3) is 0 Å². The number of thiophene rings is 1. The van der Waals surface area contributed by atoms with Crippen LogP contribution in [-0.4, -0.2) is 44.0 Å². The molecule has 1 aromatic heterocycles. The molecule has 0 radical (unpaired) electrons. The molecule has 0 atom stereocenters. The molecule has 0 spiro atoms. The Morgan fingerprint density at radius 3 is 2.32 bits per heavy atom. The molecular weight excluding hydrogens is 454 g/mol. The topological polar surface area (TPSA) is 90.9 Å². The first-order valence-electron chi connectivity index (χ1n) is 11.0. The number of ketones is 1. The Morgan fingerprint density at radius 2 is 1.62 bits per heavy atom. The highest BCUT2D eigenvalue weighted by Gasteiger charge is 2.21. The average Bonchev–Trinajstić information content (AvgIpc) is 3.37. The number of rotatable bonds is 12. The second kappa shape index (κ2) is 12.6. The Bertz CT molecular complexity index is 1130. The number of nitrogens with one attached hydrogen (secondary N) is 1. The highest BCUT2D eigenvalue weighted by atomic mass is 32.1. The van der Waals surface area contributed by atoms with Crippen LogP contribution in [0.15, 0.2) is 60.0 Å². The predicted molar refractivity (Wildman–Crippen MR) is 130 cm³/mol. The minimum atomic E-state index is -0.742. The molecule has 178 valence electrons. The van der Waals surface area contributed by atoms with E-state index in [1.807, 2.05) is 31.4 Å². The zero-order valence-corrected chi connectivity index (χ0v) is 20.0. The Hall–Kier alpha value is -3.65. The summed E-state index contributed by atoms with van der Waals surface area (Å²) in [6.45, 7) is 4.60. The van der Waals surface area contributed by atoms with Crippen molar-refractivity contribution < 1.29 is 28.6 Å². The molecule has 34 heavy (non-hydrogen) atoms. The Kier molecular flexibility index (Phi) is 9.22. The molecule has 1 heterocycles. The summed E-state index contributed by atoms with van der Waals surface area (Å²) < 4.78 is 16.3. The average molecular weight is 482 g/mol. The van der Waals surface area contributed by atoms with E-state index in [-0.39, 0.29) is 16.9 Å². The third-order valence-corrected chi connectivity index (χ3v) is 5.74. The van der Waals surface area contributed by atoms with Gasteiger partial charge >= 0.3 is 5.97 Å². The van der Waals surface area contributed by atoms with Crippen molar-refractivity contribution in [3.8, 4) is 11.5 Å². The number of benzene rings is 2. The second-order valence-electron chi connectivity index (χ2n) is 7.16. The standard InChI is InChI=1S/C26H27NO6S/c1-3-31-22-12-11-18(16-23(22)32-4-2)25(29)20-9-5-6-10-21(20)26(30)33-17-24(28)27-14-13-19-8-7-15-34-19/h5-12,15-16H,3-4,13-14,17H2,1-2H3,(H,27,28). The molecule has 0 saturated carbocycles. The number of esters is 1. The Morgan fingerprint density at radius 1 is 0.882 bits per heavy atom. The van der Waals surface area contributed by atoms with Crippen molar-refractivity contribution in [2.24, 2.45) is 0 Å². The van der Waals surface area contributed by atoms with Crippen LogP contribution in [-0.2, 0) is 16.0 Å². The molecule has 2 aromatic carbocycles. The van der Waals surface area contributed by atoms with Crippen LogP contribution in [0.2, 0.25) is 0 Å². The van der Waals surface area contributed by atoms with Crippen LogP contribution < -0.4 is 14.8 Å². The fourth-order valence-electron chi connectivity index (χ4n) is 3.25. The van der Waals surface area contributed by atoms with Gasteiger partial charge < -0.3 is 19.5 Å². The van der Waals surface area contributed by atoms with Crippen LogP contribution in [0, 0.1) is 0 Å². The number of amides is 1. The van der Waals surface area contributed by atoms with Gasteiger partial charge in [0, 0.05) is 22.5 Å². The number of ether oxygens (including phenoxy) is 3. The van der Waals surface area contributed by atoms with Gasteiger partial charge in [-0.05, 0) is 56.0 Å². The molecule has 0 saturated heterocycles. The molecule has 1 N–H and O–H groups in total. The van der Waals surface area contributed by atoms with Crippen molar-refractivity contribution >= 4 is 29.0 Å². The maximum Gasteiger partial charge on any atom is 0.339 e. The number of carbonyl (C=O) groups is 3. The lowest BCUT2D eigenvalue weighted by atomic mass is 9.98. The van der Waals surface area contributed by atoms with E-state index in [1.54, 1.807) is 47.7 Å². The fraction of sp³-hybridized carbons (Fsp3) is 0.269. The summed E-state index contributed by atoms with van der Waals surface area (Å²) in [6.07, 6.45) is 0.709. The van der Waals surface area contributed by atoms with Gasteiger partial charge in [0.2, 0.25) is 0 Å². The van der Waals surface area contributed by atoms with Gasteiger partial charge in [0.25, 0.3) is 5.91 Å². The first-order valence-corrected chi connectivity index (χ1v) is 11.9. The highest BCUT2D eigenvalue weighted by Crippen LogP contribution is 2.30. The molecule has 0 aliphatic rings. The van der Waals surface area contributed by atoms with Gasteiger partial charge in [-0.15, -0.1) is 11.3 Å². The van der Waals surface area contributed by atoms with Crippen molar-refractivity contribution in [1.29, 1.82) is 0 Å². The van der Waals surface area contributed by atoms with Gasteiger partial charge in [0.15, 0.2) is 23.9 Å². The smallest absolute Gasteiger partial charge is 0.339 e. The van der Waals surface area contributed by atoms with E-state index in [0.29, 0.717) is 43.2 Å². The summed E-state index contributed by atoms with van der Waals surface area (Å²) in [5.74, 6) is -0.514. The summed E-state index contributed by atoms with van der Waals surface area (Å²) in [4.78, 5) is 39.1. The molecule has 7 nitrogen and oxygen atoms in total. The fourth-order valence-corrected chi connectivity index (χ4v) is 3.96. The normalized spacial score (nSPS) is 10.4. The molecule has 0 aliphatic carbocycles. The predicted octanol–water partition coefficient (Wildman–Crippen LogP) is 4.29. The van der Waals surface area contributed by atoms with Crippen LogP contribution in [0.1, 0.15) is 45.0 Å². The van der Waals surface area contributed by atoms with Gasteiger partial charge in [0.1, 0.15) is 0 Å². The third kappa shape index (κ3) is 6.68. The van der Waals surface area contributed by atoms with Crippen LogP contribution in [0.4, 0.5) is 0 Å². The van der Waals surface area contributed by atoms with Crippen LogP contribution in [0.3, 0.4) is 0 Å². The highest BCUT2D eigenvalue weighted by molar-refractivity contribution is 7.09. The molecule has 0 bridgehead atoms. The lowest BCUT2D eigenvalue weighted by Crippen LogP contribution is -2.30. The Labute approximate surface area is 202 Å². The zero-order valence-electron chi connectivity index (χ0n) is 19.2. The summed E-state index contributed by atoms with van der Waals surface area (Å²) in [5, 5.41) is 4.70. The van der Waals surface area contributed by atoms with Crippen LogP contribution >= 0.6 is 11.3 Å². The van der Waals surface area contributed by atoms with E-state index in [4.69, 9.17) is 14.2 Å². The molecule has 0 unspecified atom stereocenters. The molecular formula is C26H27NO6S. The monoisotopic (exact) mass is 481 g/mol. The second-order valence-corrected chi connectivity index (χ2v) is 8.19. The zero-order chi connectivity index (χ0) is 24.3. The van der Waals surface area contributed by atoms with Crippen molar-refractivity contribution in [2.75, 3.05) is 26.4 Å². The van der Waals surface area contributed by atoms with E-state index >= 15 is 0 Å². The Balaban J connectivity index is 1.66. The maximum atomic E-state index is 13.2. The van der Waals surface area contributed by atoms with Crippen molar-refractivity contribution in [3.63, 3.8) is 0 Å². The van der Waals surface area contributed by atoms with Crippen LogP contribution in [0.5, 0.6) is 11.5 Å². The minimum absolute atomic E-state index is 0.0886. The molecule has 8 heteroatoms. The van der Waals surface area contributed by atoms with Gasteiger partial charge in [-0.2, -0.15) is 0 Å². The number of hydrogen-bond donors (Lipinski definition) is 1. The van der Waals surface area contributed by atoms with Crippen molar-refractivity contribution in [2.45, 2.75) is 20.3 Å². The molecule has 0 fully saturated rings. The summed E-state index contributed by atoms with van der Waals surface area (Å²) >= 11 is 1.62. The van der Waals surface area contributed by atoms with Gasteiger partial charge in [0.05, 0.1) is 18.8 Å². The van der Waals surface area contributed by atoms with E-state index < -0.39 is 18.5 Å². The van der Waals surface area contributed by atoms with E-state index in [9.17, 15) is 14.4 Å². The van der Waals surface area contributed by atoms with Gasteiger partial charge in [-0.3, -0.25) is 9.59 Å². The van der Waals surface area contributed by atoms with E-state index in [2.05, 4.69) is 5.32 Å². The summed E-state index contributed by atoms with van der Waals surface area (Å²) in [7, 11) is 0. The van der Waals surface area contributed by atoms with Crippen molar-refractivity contribution in [1.82, 2.24) is 5.32 Å². The molecule has 1 amide bonds. The lowest BCUT2D eigenvalue weighted by Gasteiger charge is -2.13. The lowest BCUT2D eigenvalue weighted by molar-refractivity contribution is -0.124. The minimum Gasteiger partial charge on any atom is -0.490 e. The SMILES string of the molecule is CCOc1ccc(C(=O)c2ccccc2C(=O)OCC(=O)NCCc2cccs2)cc1OCC. The summed E-state index contributed by atoms with van der Waals surface area (Å²) in [6, 6.07) is 15.2. The third-order valence-electron chi connectivity index (χ3n) is 4.81. The summed E-state index contributed by atoms with van der Waals surface area (Å²) in [5.41, 5.74) is 0.612. The van der Waals surface area contributed by atoms with Gasteiger partial charge in [-0.1, -0.05) is 24.3 Å². The molecule has 0 aliphatic heterocycles. The largest absolute Gasteiger partial charge is 0.490 e. The number of carbonyl (C=O) groups excluding carboxylic acids is 3. The van der Waals surface area contributed by atoms with Gasteiger partial charge in [-0.25, -0.2) is 4.79 Å². The van der Waals surface area contributed by atoms with Crippen molar-refractivity contribution in [3.05, 3.63) is 81.5 Å². The first-order chi connectivity index (χ1) is 16.5. The maximum absolute atomic E-state index is 13.2. The molecule has 3 aromatic rings. The van der Waals surface area contributed by atoms with E-state index in [1.165, 1.54) is 6.07 Å². The molecule has 3 rings (SSSR count). The quantitative estimate of drug-likeness (QED) is 0.307. The van der Waals surface area contributed by atoms with E-state index in [0.717, 1.165) is 4.88 Å². The number of hydrogen-bond acceptors (Lipinski definition) is 7. The first kappa shape index (κ1) is 25.0.